The molecule has 4 nitrogen and oxygen atoms in total. The van der Waals surface area contributed by atoms with E-state index in [4.69, 9.17) is 0 Å². The van der Waals surface area contributed by atoms with Crippen LogP contribution in [0.1, 0.15) is 5.56 Å². The van der Waals surface area contributed by atoms with Crippen LogP contribution in [0.3, 0.4) is 0 Å². The molecule has 0 bridgehead atoms. The fourth-order valence-electron chi connectivity index (χ4n) is 0.659. The average molecular weight is 224 g/mol. The summed E-state index contributed by atoms with van der Waals surface area (Å²) in [6.07, 6.45) is 4.19. The first-order chi connectivity index (χ1) is 5.58. The van der Waals surface area contributed by atoms with E-state index in [0.29, 0.717) is 0 Å². The van der Waals surface area contributed by atoms with Crippen LogP contribution in [0.2, 0.25) is 0 Å². The van der Waals surface area contributed by atoms with Crippen molar-refractivity contribution >= 4 is 22.5 Å². The highest BCUT2D eigenvalue weighted by Crippen LogP contribution is 2.00. The lowest BCUT2D eigenvalue weighted by Gasteiger charge is -1.99. The third-order valence-electron chi connectivity index (χ3n) is 1.16. The van der Waals surface area contributed by atoms with Crippen LogP contribution in [0, 0.1) is 0 Å². The molecule has 0 aromatic carbocycles. The zero-order valence-corrected chi connectivity index (χ0v) is 8.64. The van der Waals surface area contributed by atoms with E-state index in [1.165, 1.54) is 0 Å². The van der Waals surface area contributed by atoms with E-state index < -0.39 is 10.1 Å². The molecule has 0 amide bonds. The Hall–Kier alpha value is -0.650. The Labute approximate surface area is 83.5 Å². The molecule has 0 N–H and O–H groups in total. The van der Waals surface area contributed by atoms with Crippen molar-refractivity contribution in [3.63, 3.8) is 0 Å². The van der Waals surface area contributed by atoms with E-state index in [1.54, 1.807) is 24.5 Å². The SMILES string of the molecule is CS(=O)(=O)OCc1cccnc1.Cl. The standard InChI is InChI=1S/C7H9NO3S.ClH/c1-12(9,10)11-6-7-3-2-4-8-5-7;/h2-5H,6H2,1H3;1H. The molecule has 0 fully saturated rings. The van der Waals surface area contributed by atoms with Crippen LogP contribution in [0.5, 0.6) is 0 Å². The van der Waals surface area contributed by atoms with Crippen LogP contribution in [-0.4, -0.2) is 19.7 Å². The van der Waals surface area contributed by atoms with Gasteiger partial charge in [-0.15, -0.1) is 12.4 Å². The summed E-state index contributed by atoms with van der Waals surface area (Å²) >= 11 is 0. The second-order valence-corrected chi connectivity index (χ2v) is 3.97. The summed E-state index contributed by atoms with van der Waals surface area (Å²) in [5.41, 5.74) is 0.739. The van der Waals surface area contributed by atoms with Crippen molar-refractivity contribution in [1.29, 1.82) is 0 Å². The predicted molar refractivity (Wildman–Crippen MR) is 51.1 cm³/mol. The number of nitrogens with zero attached hydrogens (tertiary/aromatic N) is 1. The van der Waals surface area contributed by atoms with Crippen molar-refractivity contribution in [2.45, 2.75) is 6.61 Å². The average Bonchev–Trinajstić information content (AvgIpc) is 2.02. The quantitative estimate of drug-likeness (QED) is 0.717. The van der Waals surface area contributed by atoms with Crippen molar-refractivity contribution in [3.05, 3.63) is 30.1 Å². The van der Waals surface area contributed by atoms with Crippen LogP contribution < -0.4 is 0 Å². The Morgan fingerprint density at radius 3 is 2.69 bits per heavy atom. The Morgan fingerprint density at radius 1 is 1.54 bits per heavy atom. The largest absolute Gasteiger partial charge is 0.265 e. The highest BCUT2D eigenvalue weighted by Gasteiger charge is 2.01. The Kier molecular flexibility index (Phi) is 4.90. The minimum Gasteiger partial charge on any atom is -0.265 e. The third kappa shape index (κ3) is 5.57. The molecule has 1 aromatic rings. The molecule has 1 rings (SSSR count). The number of hydrogen-bond donors (Lipinski definition) is 0. The number of hydrogen-bond acceptors (Lipinski definition) is 4. The smallest absolute Gasteiger partial charge is 0.264 e. The molecule has 1 aromatic heterocycles. The normalized spacial score (nSPS) is 10.5. The van der Waals surface area contributed by atoms with Crippen LogP contribution in [0.25, 0.3) is 0 Å². The van der Waals surface area contributed by atoms with Gasteiger partial charge in [0.15, 0.2) is 0 Å². The van der Waals surface area contributed by atoms with Gasteiger partial charge in [0.1, 0.15) is 0 Å². The van der Waals surface area contributed by atoms with Crippen LogP contribution in [0.15, 0.2) is 24.5 Å². The van der Waals surface area contributed by atoms with Gasteiger partial charge in [-0.3, -0.25) is 9.17 Å². The van der Waals surface area contributed by atoms with Gasteiger partial charge >= 0.3 is 0 Å². The number of rotatable bonds is 3. The van der Waals surface area contributed by atoms with E-state index in [1.807, 2.05) is 0 Å². The van der Waals surface area contributed by atoms with Crippen molar-refractivity contribution in [1.82, 2.24) is 4.98 Å². The first-order valence-corrected chi connectivity index (χ1v) is 5.13. The molecule has 0 saturated heterocycles. The highest BCUT2D eigenvalue weighted by atomic mass is 35.5. The summed E-state index contributed by atoms with van der Waals surface area (Å²) in [6.45, 7) is 0.0483. The van der Waals surface area contributed by atoms with E-state index in [2.05, 4.69) is 9.17 Å². The first kappa shape index (κ1) is 12.3. The minimum atomic E-state index is -3.35. The van der Waals surface area contributed by atoms with Crippen molar-refractivity contribution in [2.24, 2.45) is 0 Å². The van der Waals surface area contributed by atoms with Gasteiger partial charge in [0.25, 0.3) is 10.1 Å². The molecule has 0 aliphatic carbocycles. The van der Waals surface area contributed by atoms with Crippen LogP contribution in [0.4, 0.5) is 0 Å². The number of aromatic nitrogens is 1. The van der Waals surface area contributed by atoms with E-state index in [-0.39, 0.29) is 19.0 Å². The van der Waals surface area contributed by atoms with Crippen LogP contribution >= 0.6 is 12.4 Å². The summed E-state index contributed by atoms with van der Waals surface area (Å²) in [5.74, 6) is 0. The van der Waals surface area contributed by atoms with E-state index in [0.717, 1.165) is 11.8 Å². The molecule has 0 aliphatic heterocycles. The summed E-state index contributed by atoms with van der Waals surface area (Å²) in [6, 6.07) is 3.47. The second-order valence-electron chi connectivity index (χ2n) is 2.33. The first-order valence-electron chi connectivity index (χ1n) is 3.31. The third-order valence-corrected chi connectivity index (χ3v) is 1.71. The second kappa shape index (κ2) is 5.16. The number of halogens is 1. The van der Waals surface area contributed by atoms with Gasteiger partial charge in [0.05, 0.1) is 12.9 Å². The number of pyridine rings is 1. The molecule has 0 saturated carbocycles. The predicted octanol–water partition coefficient (Wildman–Crippen LogP) is 0.980. The molecular weight excluding hydrogens is 214 g/mol. The van der Waals surface area contributed by atoms with E-state index >= 15 is 0 Å². The van der Waals surface area contributed by atoms with Gasteiger partial charge in [-0.05, 0) is 11.6 Å². The molecule has 74 valence electrons. The zero-order valence-electron chi connectivity index (χ0n) is 7.00. The van der Waals surface area contributed by atoms with E-state index in [9.17, 15) is 8.42 Å². The fourth-order valence-corrected chi connectivity index (χ4v) is 1.01. The van der Waals surface area contributed by atoms with Gasteiger partial charge < -0.3 is 0 Å². The Bertz CT molecular complexity index is 338. The molecule has 0 spiro atoms. The monoisotopic (exact) mass is 223 g/mol. The summed E-state index contributed by atoms with van der Waals surface area (Å²) in [4.78, 5) is 3.81. The maximum Gasteiger partial charge on any atom is 0.264 e. The van der Waals surface area contributed by atoms with Gasteiger partial charge in [0.2, 0.25) is 0 Å². The van der Waals surface area contributed by atoms with Gasteiger partial charge in [-0.1, -0.05) is 6.07 Å². The molecule has 0 aliphatic rings. The highest BCUT2D eigenvalue weighted by molar-refractivity contribution is 7.85. The molecule has 0 radical (unpaired) electrons. The van der Waals surface area contributed by atoms with Crippen molar-refractivity contribution in [3.8, 4) is 0 Å². The molecular formula is C7H10ClNO3S. The maximum absolute atomic E-state index is 10.6. The van der Waals surface area contributed by atoms with Gasteiger partial charge in [0, 0.05) is 12.4 Å². The molecule has 13 heavy (non-hydrogen) atoms. The van der Waals surface area contributed by atoms with Crippen molar-refractivity contribution in [2.75, 3.05) is 6.26 Å². The minimum absolute atomic E-state index is 0. The maximum atomic E-state index is 10.6. The molecule has 0 atom stereocenters. The van der Waals surface area contributed by atoms with Gasteiger partial charge in [-0.25, -0.2) is 0 Å². The lowest BCUT2D eigenvalue weighted by atomic mass is 10.3. The lowest BCUT2D eigenvalue weighted by Crippen LogP contribution is -2.02. The lowest BCUT2D eigenvalue weighted by molar-refractivity contribution is 0.311. The Balaban J connectivity index is 0.00000144. The summed E-state index contributed by atoms with van der Waals surface area (Å²) in [5, 5.41) is 0. The van der Waals surface area contributed by atoms with Gasteiger partial charge in [-0.2, -0.15) is 8.42 Å². The summed E-state index contributed by atoms with van der Waals surface area (Å²) in [7, 11) is -3.35. The molecule has 0 unspecified atom stereocenters. The summed E-state index contributed by atoms with van der Waals surface area (Å²) < 4.78 is 25.7. The van der Waals surface area contributed by atoms with Crippen molar-refractivity contribution < 1.29 is 12.6 Å². The molecule has 1 heterocycles. The molecule has 6 heteroatoms. The van der Waals surface area contributed by atoms with Crippen LogP contribution in [-0.2, 0) is 20.9 Å². The fraction of sp³-hybridized carbons (Fsp3) is 0.286. The zero-order chi connectivity index (χ0) is 9.03. The topological polar surface area (TPSA) is 56.3 Å². The Morgan fingerprint density at radius 2 is 2.23 bits per heavy atom.